The highest BCUT2D eigenvalue weighted by Crippen LogP contribution is 2.31. The highest BCUT2D eigenvalue weighted by molar-refractivity contribution is 6.31. The molecule has 0 unspecified atom stereocenters. The van der Waals surface area contributed by atoms with Gasteiger partial charge in [-0.15, -0.1) is 0 Å². The maximum absolute atomic E-state index is 12.9. The third kappa shape index (κ3) is 3.77. The maximum atomic E-state index is 12.9. The predicted molar refractivity (Wildman–Crippen MR) is 104 cm³/mol. The van der Waals surface area contributed by atoms with Crippen LogP contribution in [0.5, 0.6) is 0 Å². The zero-order chi connectivity index (χ0) is 17.9. The molecule has 0 radical (unpaired) electrons. The van der Waals surface area contributed by atoms with Gasteiger partial charge in [-0.25, -0.2) is 0 Å². The van der Waals surface area contributed by atoms with E-state index in [1.165, 1.54) is 5.01 Å². The van der Waals surface area contributed by atoms with E-state index in [2.05, 4.69) is 25.9 Å². The SMILES string of the molecule is CC(C)(C)C1=NN(c2ccccc2)C(=O)C1=CC=Cc1ccccc1. The molecule has 1 aliphatic heterocycles. The summed E-state index contributed by atoms with van der Waals surface area (Å²) in [6.07, 6.45) is 5.77. The van der Waals surface area contributed by atoms with E-state index in [0.717, 1.165) is 17.0 Å². The fourth-order valence-corrected chi connectivity index (χ4v) is 2.68. The summed E-state index contributed by atoms with van der Waals surface area (Å²) in [5.74, 6) is -0.0890. The zero-order valence-electron chi connectivity index (χ0n) is 14.8. The molecule has 126 valence electrons. The lowest BCUT2D eigenvalue weighted by molar-refractivity contribution is -0.114. The van der Waals surface area contributed by atoms with Gasteiger partial charge in [0, 0.05) is 5.41 Å². The molecule has 3 rings (SSSR count). The molecule has 0 atom stereocenters. The van der Waals surface area contributed by atoms with E-state index in [0.29, 0.717) is 5.57 Å². The normalized spacial score (nSPS) is 16.8. The van der Waals surface area contributed by atoms with Crippen molar-refractivity contribution in [2.75, 3.05) is 5.01 Å². The Morgan fingerprint density at radius 2 is 1.52 bits per heavy atom. The first kappa shape index (κ1) is 16.9. The number of amides is 1. The number of hydrazone groups is 1. The van der Waals surface area contributed by atoms with Gasteiger partial charge in [-0.1, -0.05) is 81.5 Å². The molecular weight excluding hydrogens is 308 g/mol. The molecule has 2 aromatic rings. The van der Waals surface area contributed by atoms with E-state index < -0.39 is 0 Å². The first-order chi connectivity index (χ1) is 12.0. The minimum absolute atomic E-state index is 0.0890. The van der Waals surface area contributed by atoms with Crippen LogP contribution in [0.25, 0.3) is 6.08 Å². The number of nitrogens with zero attached hydrogens (tertiary/aromatic N) is 2. The third-order valence-corrected chi connectivity index (χ3v) is 3.94. The van der Waals surface area contributed by atoms with E-state index in [1.54, 1.807) is 0 Å². The summed E-state index contributed by atoms with van der Waals surface area (Å²) < 4.78 is 0. The molecule has 1 aliphatic rings. The summed E-state index contributed by atoms with van der Waals surface area (Å²) in [7, 11) is 0. The Morgan fingerprint density at radius 1 is 0.920 bits per heavy atom. The average Bonchev–Trinajstić information content (AvgIpc) is 2.94. The molecule has 1 heterocycles. The van der Waals surface area contributed by atoms with Crippen LogP contribution in [0, 0.1) is 5.41 Å². The number of para-hydroxylation sites is 1. The summed E-state index contributed by atoms with van der Waals surface area (Å²) in [6, 6.07) is 19.6. The number of rotatable bonds is 3. The number of carbonyl (C=O) groups is 1. The molecule has 2 aromatic carbocycles. The number of hydrogen-bond donors (Lipinski definition) is 0. The van der Waals surface area contributed by atoms with Crippen LogP contribution < -0.4 is 5.01 Å². The lowest BCUT2D eigenvalue weighted by Gasteiger charge is -2.17. The molecule has 0 saturated carbocycles. The van der Waals surface area contributed by atoms with Crippen molar-refractivity contribution < 1.29 is 4.79 Å². The number of benzene rings is 2. The number of anilines is 1. The number of carbonyl (C=O) groups excluding carboxylic acids is 1. The van der Waals surface area contributed by atoms with Crippen LogP contribution in [0.15, 0.2) is 83.5 Å². The fraction of sp³-hybridized carbons (Fsp3) is 0.182. The largest absolute Gasteiger partial charge is 0.280 e. The summed E-state index contributed by atoms with van der Waals surface area (Å²) in [6.45, 7) is 6.22. The van der Waals surface area contributed by atoms with Crippen LogP contribution in [-0.4, -0.2) is 11.6 Å². The van der Waals surface area contributed by atoms with Gasteiger partial charge < -0.3 is 0 Å². The van der Waals surface area contributed by atoms with Crippen molar-refractivity contribution in [3.63, 3.8) is 0 Å². The Hall–Kier alpha value is -2.94. The molecule has 0 aromatic heterocycles. The minimum Gasteiger partial charge on any atom is -0.267 e. The van der Waals surface area contributed by atoms with Gasteiger partial charge in [-0.05, 0) is 23.8 Å². The van der Waals surface area contributed by atoms with Crippen LogP contribution in [-0.2, 0) is 4.79 Å². The number of allylic oxidation sites excluding steroid dienone is 2. The van der Waals surface area contributed by atoms with Crippen LogP contribution in [0.1, 0.15) is 26.3 Å². The van der Waals surface area contributed by atoms with Crippen LogP contribution in [0.4, 0.5) is 5.69 Å². The maximum Gasteiger partial charge on any atom is 0.280 e. The van der Waals surface area contributed by atoms with Gasteiger partial charge in [0.2, 0.25) is 0 Å². The summed E-state index contributed by atoms with van der Waals surface area (Å²) >= 11 is 0. The molecule has 0 fully saturated rings. The van der Waals surface area contributed by atoms with Gasteiger partial charge in [-0.2, -0.15) is 10.1 Å². The quantitative estimate of drug-likeness (QED) is 0.723. The summed E-state index contributed by atoms with van der Waals surface area (Å²) in [5.41, 5.74) is 3.11. The molecule has 0 N–H and O–H groups in total. The third-order valence-electron chi connectivity index (χ3n) is 3.94. The monoisotopic (exact) mass is 330 g/mol. The lowest BCUT2D eigenvalue weighted by atomic mass is 9.85. The van der Waals surface area contributed by atoms with E-state index >= 15 is 0 Å². The second-order valence-corrected chi connectivity index (χ2v) is 7.00. The lowest BCUT2D eigenvalue weighted by Crippen LogP contribution is -2.23. The van der Waals surface area contributed by atoms with E-state index in [4.69, 9.17) is 0 Å². The summed E-state index contributed by atoms with van der Waals surface area (Å²) in [5, 5.41) is 6.10. The van der Waals surface area contributed by atoms with Crippen LogP contribution in [0.2, 0.25) is 0 Å². The predicted octanol–water partition coefficient (Wildman–Crippen LogP) is 5.08. The average molecular weight is 330 g/mol. The minimum atomic E-state index is -0.217. The molecule has 0 bridgehead atoms. The van der Waals surface area contributed by atoms with Crippen molar-refractivity contribution in [2.24, 2.45) is 10.5 Å². The Kier molecular flexibility index (Phi) is 4.66. The second kappa shape index (κ2) is 6.89. The summed E-state index contributed by atoms with van der Waals surface area (Å²) in [4.78, 5) is 12.9. The fourth-order valence-electron chi connectivity index (χ4n) is 2.68. The number of hydrogen-bond acceptors (Lipinski definition) is 2. The standard InChI is InChI=1S/C22H22N2O/c1-22(2,3)20-19(16-10-13-17-11-6-4-7-12-17)21(25)24(23-20)18-14-8-5-9-15-18/h4-16H,1-3H3. The Labute approximate surface area is 149 Å². The van der Waals surface area contributed by atoms with Crippen LogP contribution in [0.3, 0.4) is 0 Å². The molecule has 3 heteroatoms. The van der Waals surface area contributed by atoms with Crippen molar-refractivity contribution in [3.8, 4) is 0 Å². The van der Waals surface area contributed by atoms with Crippen molar-refractivity contribution in [2.45, 2.75) is 20.8 Å². The van der Waals surface area contributed by atoms with Gasteiger partial charge in [0.15, 0.2) is 0 Å². The smallest absolute Gasteiger partial charge is 0.267 e. The highest BCUT2D eigenvalue weighted by Gasteiger charge is 2.36. The molecule has 3 nitrogen and oxygen atoms in total. The first-order valence-electron chi connectivity index (χ1n) is 8.39. The van der Waals surface area contributed by atoms with Gasteiger partial charge in [-0.3, -0.25) is 4.79 Å². The van der Waals surface area contributed by atoms with Gasteiger partial charge in [0.1, 0.15) is 0 Å². The van der Waals surface area contributed by atoms with E-state index in [-0.39, 0.29) is 11.3 Å². The van der Waals surface area contributed by atoms with Gasteiger partial charge >= 0.3 is 0 Å². The van der Waals surface area contributed by atoms with Gasteiger partial charge in [0.25, 0.3) is 5.91 Å². The van der Waals surface area contributed by atoms with Crippen molar-refractivity contribution in [1.82, 2.24) is 0 Å². The van der Waals surface area contributed by atoms with Crippen molar-refractivity contribution in [3.05, 3.63) is 84.0 Å². The van der Waals surface area contributed by atoms with E-state index in [9.17, 15) is 4.79 Å². The molecule has 1 amide bonds. The Morgan fingerprint density at radius 3 is 2.12 bits per heavy atom. The van der Waals surface area contributed by atoms with Gasteiger partial charge in [0.05, 0.1) is 17.0 Å². The van der Waals surface area contributed by atoms with Crippen molar-refractivity contribution in [1.29, 1.82) is 0 Å². The zero-order valence-corrected chi connectivity index (χ0v) is 14.8. The second-order valence-electron chi connectivity index (χ2n) is 7.00. The Balaban J connectivity index is 1.95. The topological polar surface area (TPSA) is 32.7 Å². The van der Waals surface area contributed by atoms with Crippen molar-refractivity contribution >= 4 is 23.4 Å². The highest BCUT2D eigenvalue weighted by atomic mass is 16.2. The van der Waals surface area contributed by atoms with E-state index in [1.807, 2.05) is 78.9 Å². The first-order valence-corrected chi connectivity index (χ1v) is 8.39. The Bertz CT molecular complexity index is 841. The molecule has 0 saturated heterocycles. The molecule has 0 aliphatic carbocycles. The molecule has 25 heavy (non-hydrogen) atoms. The molecular formula is C22H22N2O. The molecule has 0 spiro atoms. The van der Waals surface area contributed by atoms with Crippen LogP contribution >= 0.6 is 0 Å².